The second-order valence-corrected chi connectivity index (χ2v) is 3.54. The van der Waals surface area contributed by atoms with Crippen molar-refractivity contribution in [3.8, 4) is 0 Å². The Hall–Kier alpha value is -1.52. The molecule has 0 spiro atoms. The van der Waals surface area contributed by atoms with Gasteiger partial charge in [0.2, 0.25) is 0 Å². The number of hydrogen-bond donors (Lipinski definition) is 1. The Morgan fingerprint density at radius 1 is 1.38 bits per heavy atom. The number of benzene rings is 1. The van der Waals surface area contributed by atoms with Crippen molar-refractivity contribution in [2.24, 2.45) is 0 Å². The van der Waals surface area contributed by atoms with Crippen LogP contribution in [0.4, 0.5) is 13.2 Å². The lowest BCUT2D eigenvalue weighted by molar-refractivity contribution is -0.138. The number of aliphatic carboxylic acids is 1. The average molecular weight is 232 g/mol. The summed E-state index contributed by atoms with van der Waals surface area (Å²) in [5.74, 6) is -1.02. The first-order valence-corrected chi connectivity index (χ1v) is 4.69. The molecule has 0 saturated heterocycles. The van der Waals surface area contributed by atoms with E-state index in [0.29, 0.717) is 5.56 Å². The summed E-state index contributed by atoms with van der Waals surface area (Å²) in [6.07, 6.45) is -4.44. The van der Waals surface area contributed by atoms with Crippen molar-refractivity contribution in [3.05, 3.63) is 34.9 Å². The molecule has 0 amide bonds. The Balaban J connectivity index is 2.94. The summed E-state index contributed by atoms with van der Waals surface area (Å²) in [7, 11) is 0. The number of aryl methyl sites for hydroxylation is 2. The molecule has 0 saturated carbocycles. The van der Waals surface area contributed by atoms with E-state index in [9.17, 15) is 18.0 Å². The molecule has 0 bridgehead atoms. The third-order valence-corrected chi connectivity index (χ3v) is 2.23. The van der Waals surface area contributed by atoms with Gasteiger partial charge in [-0.25, -0.2) is 0 Å². The van der Waals surface area contributed by atoms with Gasteiger partial charge in [-0.1, -0.05) is 12.1 Å². The summed E-state index contributed by atoms with van der Waals surface area (Å²) in [4.78, 5) is 10.3. The maximum absolute atomic E-state index is 12.5. The van der Waals surface area contributed by atoms with Gasteiger partial charge >= 0.3 is 12.1 Å². The Morgan fingerprint density at radius 3 is 2.50 bits per heavy atom. The van der Waals surface area contributed by atoms with Gasteiger partial charge in [-0.3, -0.25) is 4.79 Å². The van der Waals surface area contributed by atoms with Crippen LogP contribution in [0, 0.1) is 6.92 Å². The normalized spacial score (nSPS) is 11.5. The second kappa shape index (κ2) is 4.55. The fourth-order valence-corrected chi connectivity index (χ4v) is 1.38. The Morgan fingerprint density at radius 2 is 2.00 bits per heavy atom. The number of carboxylic acid groups (broad SMARTS) is 1. The van der Waals surface area contributed by atoms with Crippen LogP contribution in [0.2, 0.25) is 0 Å². The summed E-state index contributed by atoms with van der Waals surface area (Å²) in [5.41, 5.74) is -0.165. The van der Waals surface area contributed by atoms with E-state index < -0.39 is 17.7 Å². The van der Waals surface area contributed by atoms with E-state index in [1.54, 1.807) is 0 Å². The number of carboxylic acids is 1. The molecule has 1 aromatic rings. The number of halogens is 3. The number of hydrogen-bond acceptors (Lipinski definition) is 1. The van der Waals surface area contributed by atoms with Gasteiger partial charge in [0.25, 0.3) is 0 Å². The lowest BCUT2D eigenvalue weighted by Gasteiger charge is -2.11. The highest BCUT2D eigenvalue weighted by Crippen LogP contribution is 2.32. The zero-order chi connectivity index (χ0) is 12.3. The van der Waals surface area contributed by atoms with E-state index >= 15 is 0 Å². The predicted octanol–water partition coefficient (Wildman–Crippen LogP) is 3.03. The average Bonchev–Trinajstić information content (AvgIpc) is 2.14. The maximum atomic E-state index is 12.5. The van der Waals surface area contributed by atoms with E-state index in [1.165, 1.54) is 19.1 Å². The van der Waals surface area contributed by atoms with E-state index in [-0.39, 0.29) is 18.4 Å². The van der Waals surface area contributed by atoms with Crippen molar-refractivity contribution in [1.29, 1.82) is 0 Å². The summed E-state index contributed by atoms with van der Waals surface area (Å²) < 4.78 is 37.5. The molecule has 1 N–H and O–H groups in total. The van der Waals surface area contributed by atoms with Crippen LogP contribution in [-0.4, -0.2) is 11.1 Å². The third kappa shape index (κ3) is 3.25. The maximum Gasteiger partial charge on any atom is 0.416 e. The standard InChI is InChI=1S/C11H11F3O2/c1-7-2-3-8(4-5-10(15)16)6-9(7)11(12,13)14/h2-3,6H,4-5H2,1H3,(H,15,16). The van der Waals surface area contributed by atoms with Gasteiger partial charge < -0.3 is 5.11 Å². The van der Waals surface area contributed by atoms with Gasteiger partial charge in [0, 0.05) is 6.42 Å². The molecular formula is C11H11F3O2. The van der Waals surface area contributed by atoms with Crippen LogP contribution < -0.4 is 0 Å². The number of alkyl halides is 3. The molecule has 1 aromatic carbocycles. The van der Waals surface area contributed by atoms with Crippen LogP contribution in [0.5, 0.6) is 0 Å². The van der Waals surface area contributed by atoms with Gasteiger partial charge in [-0.15, -0.1) is 0 Å². The molecule has 16 heavy (non-hydrogen) atoms. The first-order chi connectivity index (χ1) is 7.30. The minimum absolute atomic E-state index is 0.110. The molecule has 0 aliphatic heterocycles. The summed E-state index contributed by atoms with van der Waals surface area (Å²) in [6, 6.07) is 3.89. The lowest BCUT2D eigenvalue weighted by Crippen LogP contribution is -2.08. The summed E-state index contributed by atoms with van der Waals surface area (Å²) >= 11 is 0. The monoisotopic (exact) mass is 232 g/mol. The molecule has 0 heterocycles. The lowest BCUT2D eigenvalue weighted by atomic mass is 10.0. The van der Waals surface area contributed by atoms with Gasteiger partial charge in [0.15, 0.2) is 0 Å². The van der Waals surface area contributed by atoms with Crippen molar-refractivity contribution >= 4 is 5.97 Å². The zero-order valence-corrected chi connectivity index (χ0v) is 8.64. The molecule has 0 atom stereocenters. The highest BCUT2D eigenvalue weighted by Gasteiger charge is 2.32. The Labute approximate surface area is 90.7 Å². The first kappa shape index (κ1) is 12.5. The minimum atomic E-state index is -4.39. The Kier molecular flexibility index (Phi) is 3.57. The second-order valence-electron chi connectivity index (χ2n) is 3.54. The zero-order valence-electron chi connectivity index (χ0n) is 8.64. The van der Waals surface area contributed by atoms with Crippen LogP contribution in [0.15, 0.2) is 18.2 Å². The van der Waals surface area contributed by atoms with Crippen molar-refractivity contribution in [2.75, 3.05) is 0 Å². The van der Waals surface area contributed by atoms with Crippen molar-refractivity contribution in [2.45, 2.75) is 25.9 Å². The third-order valence-electron chi connectivity index (χ3n) is 2.23. The summed E-state index contributed by atoms with van der Waals surface area (Å²) in [5, 5.41) is 8.44. The molecule has 88 valence electrons. The molecule has 0 fully saturated rings. The Bertz CT molecular complexity index is 397. The predicted molar refractivity (Wildman–Crippen MR) is 52.1 cm³/mol. The number of rotatable bonds is 3. The van der Waals surface area contributed by atoms with E-state index in [0.717, 1.165) is 6.07 Å². The molecule has 0 unspecified atom stereocenters. The van der Waals surface area contributed by atoms with Crippen molar-refractivity contribution in [3.63, 3.8) is 0 Å². The minimum Gasteiger partial charge on any atom is -0.481 e. The highest BCUT2D eigenvalue weighted by molar-refractivity contribution is 5.67. The molecule has 0 aliphatic rings. The van der Waals surface area contributed by atoms with Crippen molar-refractivity contribution in [1.82, 2.24) is 0 Å². The highest BCUT2D eigenvalue weighted by atomic mass is 19.4. The van der Waals surface area contributed by atoms with E-state index in [4.69, 9.17) is 5.11 Å². The van der Waals surface area contributed by atoms with E-state index in [2.05, 4.69) is 0 Å². The topological polar surface area (TPSA) is 37.3 Å². The largest absolute Gasteiger partial charge is 0.481 e. The summed E-state index contributed by atoms with van der Waals surface area (Å²) in [6.45, 7) is 1.38. The van der Waals surface area contributed by atoms with Crippen molar-refractivity contribution < 1.29 is 23.1 Å². The fourth-order valence-electron chi connectivity index (χ4n) is 1.38. The van der Waals surface area contributed by atoms with Gasteiger partial charge in [0.05, 0.1) is 5.56 Å². The van der Waals surface area contributed by atoms with Crippen LogP contribution in [0.1, 0.15) is 23.1 Å². The quantitative estimate of drug-likeness (QED) is 0.869. The molecule has 2 nitrogen and oxygen atoms in total. The van der Waals surface area contributed by atoms with Crippen LogP contribution in [-0.2, 0) is 17.4 Å². The first-order valence-electron chi connectivity index (χ1n) is 4.69. The molecule has 5 heteroatoms. The van der Waals surface area contributed by atoms with E-state index in [1.807, 2.05) is 0 Å². The molecular weight excluding hydrogens is 221 g/mol. The van der Waals surface area contributed by atoms with Gasteiger partial charge in [-0.05, 0) is 30.5 Å². The van der Waals surface area contributed by atoms with Gasteiger partial charge in [0.1, 0.15) is 0 Å². The SMILES string of the molecule is Cc1ccc(CCC(=O)O)cc1C(F)(F)F. The molecule has 0 aromatic heterocycles. The van der Waals surface area contributed by atoms with Crippen LogP contribution >= 0.6 is 0 Å². The number of carbonyl (C=O) groups is 1. The van der Waals surface area contributed by atoms with Crippen LogP contribution in [0.3, 0.4) is 0 Å². The molecule has 1 rings (SSSR count). The molecule has 0 aliphatic carbocycles. The van der Waals surface area contributed by atoms with Gasteiger partial charge in [-0.2, -0.15) is 13.2 Å². The smallest absolute Gasteiger partial charge is 0.416 e. The molecule has 0 radical (unpaired) electrons. The van der Waals surface area contributed by atoms with Crippen LogP contribution in [0.25, 0.3) is 0 Å². The fraction of sp³-hybridized carbons (Fsp3) is 0.364.